The second kappa shape index (κ2) is 9.18. The van der Waals surface area contributed by atoms with Gasteiger partial charge >= 0.3 is 12.1 Å². The van der Waals surface area contributed by atoms with Crippen molar-refractivity contribution < 1.29 is 41.1 Å². The van der Waals surface area contributed by atoms with Gasteiger partial charge in [0.05, 0.1) is 11.8 Å². The molecule has 0 saturated carbocycles. The first-order valence-electron chi connectivity index (χ1n) is 8.96. The van der Waals surface area contributed by atoms with Crippen LogP contribution in [0.2, 0.25) is 0 Å². The zero-order valence-corrected chi connectivity index (χ0v) is 17.4. The van der Waals surface area contributed by atoms with E-state index in [0.29, 0.717) is 25.1 Å². The van der Waals surface area contributed by atoms with Gasteiger partial charge in [-0.2, -0.15) is 17.5 Å². The van der Waals surface area contributed by atoms with Gasteiger partial charge in [-0.3, -0.25) is 14.6 Å². The van der Waals surface area contributed by atoms with Gasteiger partial charge in [0, 0.05) is 38.6 Å². The number of alkyl halides is 3. The highest BCUT2D eigenvalue weighted by molar-refractivity contribution is 7.88. The molecule has 3 heterocycles. The summed E-state index contributed by atoms with van der Waals surface area (Å²) in [6, 6.07) is 2.32. The Morgan fingerprint density at radius 2 is 1.87 bits per heavy atom. The number of carboxylic acids is 1. The minimum atomic E-state index is -5.08. The number of hydrogen-bond donors (Lipinski definition) is 2. The van der Waals surface area contributed by atoms with E-state index < -0.39 is 28.2 Å². The quantitative estimate of drug-likeness (QED) is 0.637. The van der Waals surface area contributed by atoms with Crippen molar-refractivity contribution in [3.05, 3.63) is 30.1 Å². The molecule has 2 aliphatic heterocycles. The van der Waals surface area contributed by atoms with Gasteiger partial charge in [-0.1, -0.05) is 0 Å². The Kier molecular flexibility index (Phi) is 7.26. The molecule has 14 heteroatoms. The van der Waals surface area contributed by atoms with E-state index in [2.05, 4.69) is 10.3 Å². The van der Waals surface area contributed by atoms with Crippen molar-refractivity contribution in [3.8, 4) is 0 Å². The number of carbonyl (C=O) groups excluding carboxylic acids is 2. The van der Waals surface area contributed by atoms with E-state index in [4.69, 9.17) is 9.90 Å². The molecule has 0 radical (unpaired) electrons. The van der Waals surface area contributed by atoms with Crippen molar-refractivity contribution in [1.29, 1.82) is 0 Å². The summed E-state index contributed by atoms with van der Waals surface area (Å²) in [5.41, 5.74) is 0.478. The number of nitrogens with one attached hydrogen (secondary N) is 1. The number of aliphatic carboxylic acids is 1. The third-order valence-electron chi connectivity index (χ3n) is 4.94. The number of hydrogen-bond acceptors (Lipinski definition) is 6. The molecule has 0 aromatic carbocycles. The monoisotopic (exact) mass is 466 g/mol. The molecule has 10 nitrogen and oxygen atoms in total. The van der Waals surface area contributed by atoms with Crippen molar-refractivity contribution in [1.82, 2.24) is 19.5 Å². The first kappa shape index (κ1) is 24.5. The molecular weight excluding hydrogens is 445 g/mol. The van der Waals surface area contributed by atoms with Gasteiger partial charge in [-0.25, -0.2) is 13.2 Å². The van der Waals surface area contributed by atoms with Gasteiger partial charge < -0.3 is 15.3 Å². The summed E-state index contributed by atoms with van der Waals surface area (Å²) >= 11 is 0. The van der Waals surface area contributed by atoms with Crippen LogP contribution >= 0.6 is 0 Å². The average molecular weight is 466 g/mol. The van der Waals surface area contributed by atoms with Crippen LogP contribution in [0.3, 0.4) is 0 Å². The number of likely N-dealkylation sites (tertiary alicyclic amines) is 1. The van der Waals surface area contributed by atoms with Crippen LogP contribution in [0.15, 0.2) is 24.5 Å². The van der Waals surface area contributed by atoms with Crippen LogP contribution in [-0.4, -0.2) is 90.2 Å². The summed E-state index contributed by atoms with van der Waals surface area (Å²) in [5, 5.41) is 9.65. The fraction of sp³-hybridized carbons (Fsp3) is 0.529. The van der Waals surface area contributed by atoms with Gasteiger partial charge in [0.1, 0.15) is 6.04 Å². The molecule has 0 aliphatic carbocycles. The van der Waals surface area contributed by atoms with Crippen LogP contribution in [0, 0.1) is 5.92 Å². The normalized spacial score (nSPS) is 23.5. The molecule has 2 amide bonds. The molecule has 0 bridgehead atoms. The van der Waals surface area contributed by atoms with E-state index in [-0.39, 0.29) is 23.8 Å². The van der Waals surface area contributed by atoms with Crippen LogP contribution in [0.5, 0.6) is 0 Å². The second-order valence-corrected chi connectivity index (χ2v) is 8.93. The summed E-state index contributed by atoms with van der Waals surface area (Å²) in [4.78, 5) is 39.1. The molecule has 2 N–H and O–H groups in total. The number of amides is 2. The van der Waals surface area contributed by atoms with E-state index in [9.17, 15) is 31.2 Å². The number of rotatable bonds is 3. The number of fused-ring (bicyclic) bond motifs is 1. The highest BCUT2D eigenvalue weighted by atomic mass is 32.2. The van der Waals surface area contributed by atoms with Crippen molar-refractivity contribution in [2.75, 3.05) is 26.4 Å². The molecule has 2 aliphatic rings. The highest BCUT2D eigenvalue weighted by Gasteiger charge is 2.53. The van der Waals surface area contributed by atoms with Crippen LogP contribution in [-0.2, 0) is 19.6 Å². The summed E-state index contributed by atoms with van der Waals surface area (Å²) < 4.78 is 57.4. The Balaban J connectivity index is 0.000000423. The molecule has 0 spiro atoms. The Morgan fingerprint density at radius 1 is 1.26 bits per heavy atom. The van der Waals surface area contributed by atoms with Crippen molar-refractivity contribution >= 4 is 27.8 Å². The van der Waals surface area contributed by atoms with Crippen molar-refractivity contribution in [2.24, 2.45) is 5.92 Å². The Morgan fingerprint density at radius 3 is 2.32 bits per heavy atom. The second-order valence-electron chi connectivity index (χ2n) is 7.04. The van der Waals surface area contributed by atoms with E-state index >= 15 is 0 Å². The molecule has 172 valence electrons. The maximum Gasteiger partial charge on any atom is 0.490 e. The number of nitrogens with zero attached hydrogens (tertiary/aromatic N) is 3. The highest BCUT2D eigenvalue weighted by Crippen LogP contribution is 2.38. The molecular formula is C17H21F3N4O6S. The van der Waals surface area contributed by atoms with Crippen LogP contribution in [0.25, 0.3) is 0 Å². The van der Waals surface area contributed by atoms with Crippen molar-refractivity contribution in [2.45, 2.75) is 24.7 Å². The molecule has 1 aromatic rings. The fourth-order valence-corrected chi connectivity index (χ4v) is 5.07. The van der Waals surface area contributed by atoms with E-state index in [1.54, 1.807) is 23.2 Å². The van der Waals surface area contributed by atoms with E-state index in [0.717, 1.165) is 6.26 Å². The molecule has 1 aromatic heterocycles. The summed E-state index contributed by atoms with van der Waals surface area (Å²) in [6.45, 7) is 0.733. The van der Waals surface area contributed by atoms with Gasteiger partial charge in [0.2, 0.25) is 15.9 Å². The predicted molar refractivity (Wildman–Crippen MR) is 100 cm³/mol. The minimum absolute atomic E-state index is 0.0392. The number of sulfonamides is 1. The number of carbonyl (C=O) groups is 3. The van der Waals surface area contributed by atoms with Gasteiger partial charge in [0.25, 0.3) is 5.91 Å². The molecule has 0 unspecified atom stereocenters. The van der Waals surface area contributed by atoms with Crippen molar-refractivity contribution in [3.63, 3.8) is 0 Å². The molecule has 3 rings (SSSR count). The Hall–Kier alpha value is -2.74. The van der Waals surface area contributed by atoms with Gasteiger partial charge in [0.15, 0.2) is 0 Å². The summed E-state index contributed by atoms with van der Waals surface area (Å²) in [6.07, 6.45) is -0.460. The third-order valence-corrected chi connectivity index (χ3v) is 6.23. The van der Waals surface area contributed by atoms with Crippen LogP contribution < -0.4 is 5.32 Å². The molecule has 31 heavy (non-hydrogen) atoms. The number of likely N-dealkylation sites (N-methyl/N-ethyl adjacent to an activating group) is 1. The fourth-order valence-electron chi connectivity index (χ4n) is 3.70. The minimum Gasteiger partial charge on any atom is -0.475 e. The Bertz CT molecular complexity index is 941. The predicted octanol–water partition coefficient (Wildman–Crippen LogP) is -0.0646. The number of aromatic nitrogens is 1. The van der Waals surface area contributed by atoms with Gasteiger partial charge in [-0.15, -0.1) is 0 Å². The maximum absolute atomic E-state index is 12.5. The Labute approximate surface area is 176 Å². The zero-order valence-electron chi connectivity index (χ0n) is 16.5. The maximum atomic E-state index is 12.5. The molecule has 2 fully saturated rings. The first-order valence-corrected chi connectivity index (χ1v) is 10.8. The number of halogens is 3. The zero-order chi connectivity index (χ0) is 23.6. The largest absolute Gasteiger partial charge is 0.490 e. The van der Waals surface area contributed by atoms with Crippen LogP contribution in [0.1, 0.15) is 16.8 Å². The molecule has 2 saturated heterocycles. The SMILES string of the molecule is CNC(=O)[C@H]1C[C@@H]2CN(C(=O)c3cccnc3)C[C@@H]2N1S(C)(=O)=O.O=C(O)C(F)(F)F. The third kappa shape index (κ3) is 5.70. The van der Waals surface area contributed by atoms with E-state index in [1.807, 2.05) is 0 Å². The molecule has 3 atom stereocenters. The van der Waals surface area contributed by atoms with E-state index in [1.165, 1.54) is 17.5 Å². The lowest BCUT2D eigenvalue weighted by Gasteiger charge is -2.27. The summed E-state index contributed by atoms with van der Waals surface area (Å²) in [7, 11) is -2.06. The van der Waals surface area contributed by atoms with Gasteiger partial charge in [-0.05, 0) is 24.5 Å². The average Bonchev–Trinajstić information content (AvgIpc) is 3.24. The smallest absolute Gasteiger partial charge is 0.475 e. The summed E-state index contributed by atoms with van der Waals surface area (Å²) in [5.74, 6) is -3.27. The first-order chi connectivity index (χ1) is 14.3. The van der Waals surface area contributed by atoms with Crippen LogP contribution in [0.4, 0.5) is 13.2 Å². The lowest BCUT2D eigenvalue weighted by atomic mass is 10.0. The number of pyridine rings is 1. The lowest BCUT2D eigenvalue weighted by Crippen LogP contribution is -2.49. The topological polar surface area (TPSA) is 137 Å². The standard InChI is InChI=1S/C15H20N4O4S.C2HF3O2/c1-16-14(20)12-6-11-8-18(9-13(11)19(12)24(2,22)23)15(21)10-4-3-5-17-7-10;3-2(4,5)1(6)7/h3-5,7,11-13H,6,8-9H2,1-2H3,(H,16,20);(H,6,7)/t11-,12-,13+;/m1./s1. The lowest BCUT2D eigenvalue weighted by molar-refractivity contribution is -0.192. The number of carboxylic acid groups (broad SMARTS) is 1.